The highest BCUT2D eigenvalue weighted by atomic mass is 16.2. The van der Waals surface area contributed by atoms with Gasteiger partial charge < -0.3 is 19.7 Å². The van der Waals surface area contributed by atoms with Crippen molar-refractivity contribution >= 4 is 5.91 Å². The lowest BCUT2D eigenvalue weighted by Gasteiger charge is -2.32. The Kier molecular flexibility index (Phi) is 4.86. The lowest BCUT2D eigenvalue weighted by molar-refractivity contribution is -0.131. The Labute approximate surface area is 113 Å². The topological polar surface area (TPSA) is 66.3 Å². The molecular weight excluding hydrogens is 244 g/mol. The first-order valence-electron chi connectivity index (χ1n) is 6.74. The van der Waals surface area contributed by atoms with E-state index in [2.05, 4.69) is 27.5 Å². The molecule has 7 heteroatoms. The van der Waals surface area contributed by atoms with Crippen LogP contribution in [0.25, 0.3) is 0 Å². The van der Waals surface area contributed by atoms with Crippen molar-refractivity contribution in [1.82, 2.24) is 29.9 Å². The summed E-state index contributed by atoms with van der Waals surface area (Å²) in [5.74, 6) is 1.03. The number of aryl methyl sites for hydroxylation is 1. The Morgan fingerprint density at radius 3 is 2.79 bits per heavy atom. The smallest absolute Gasteiger partial charge is 0.236 e. The van der Waals surface area contributed by atoms with Crippen LogP contribution >= 0.6 is 0 Å². The fraction of sp³-hybridized carbons (Fsp3) is 0.750. The van der Waals surface area contributed by atoms with Crippen LogP contribution in [0.4, 0.5) is 0 Å². The van der Waals surface area contributed by atoms with E-state index < -0.39 is 0 Å². The average Bonchev–Trinajstić information content (AvgIpc) is 2.87. The van der Waals surface area contributed by atoms with Gasteiger partial charge >= 0.3 is 0 Å². The molecule has 0 radical (unpaired) electrons. The molecule has 0 saturated carbocycles. The maximum atomic E-state index is 12.0. The maximum Gasteiger partial charge on any atom is 0.236 e. The fourth-order valence-electron chi connectivity index (χ4n) is 2.13. The first-order valence-corrected chi connectivity index (χ1v) is 6.74. The molecule has 19 heavy (non-hydrogen) atoms. The summed E-state index contributed by atoms with van der Waals surface area (Å²) in [6.45, 7) is 7.38. The number of piperazine rings is 1. The standard InChI is InChI=1S/C12H22N6O/c1-3-17-10-14-15-11(17)8-13-9-12(19)18-6-4-16(2)5-7-18/h10,13H,3-9H2,1-2H3. The number of carbonyl (C=O) groups is 1. The minimum absolute atomic E-state index is 0.163. The second-order valence-electron chi connectivity index (χ2n) is 4.82. The summed E-state index contributed by atoms with van der Waals surface area (Å²) in [5, 5.41) is 11.0. The molecule has 1 aliphatic rings. The van der Waals surface area contributed by atoms with Gasteiger partial charge in [0.15, 0.2) is 0 Å². The normalized spacial score (nSPS) is 16.8. The third-order valence-electron chi connectivity index (χ3n) is 3.45. The lowest BCUT2D eigenvalue weighted by Crippen LogP contribution is -2.49. The third-order valence-corrected chi connectivity index (χ3v) is 3.45. The number of rotatable bonds is 5. The van der Waals surface area contributed by atoms with Crippen LogP contribution < -0.4 is 5.32 Å². The van der Waals surface area contributed by atoms with Crippen molar-refractivity contribution in [3.63, 3.8) is 0 Å². The van der Waals surface area contributed by atoms with Gasteiger partial charge in [-0.3, -0.25) is 4.79 Å². The molecule has 0 bridgehead atoms. The Bertz CT molecular complexity index is 410. The molecule has 1 aromatic heterocycles. The molecule has 106 valence electrons. The van der Waals surface area contributed by atoms with Gasteiger partial charge in [-0.25, -0.2) is 0 Å². The van der Waals surface area contributed by atoms with E-state index in [0.717, 1.165) is 38.5 Å². The van der Waals surface area contributed by atoms with Crippen molar-refractivity contribution in [1.29, 1.82) is 0 Å². The molecule has 1 amide bonds. The molecule has 1 aliphatic heterocycles. The Morgan fingerprint density at radius 2 is 2.11 bits per heavy atom. The summed E-state index contributed by atoms with van der Waals surface area (Å²) in [4.78, 5) is 16.1. The van der Waals surface area contributed by atoms with E-state index in [0.29, 0.717) is 13.1 Å². The largest absolute Gasteiger partial charge is 0.339 e. The van der Waals surface area contributed by atoms with E-state index in [9.17, 15) is 4.79 Å². The van der Waals surface area contributed by atoms with Gasteiger partial charge in [-0.2, -0.15) is 0 Å². The van der Waals surface area contributed by atoms with Crippen LogP contribution in [0.5, 0.6) is 0 Å². The van der Waals surface area contributed by atoms with Gasteiger partial charge in [0.25, 0.3) is 0 Å². The quantitative estimate of drug-likeness (QED) is 0.753. The summed E-state index contributed by atoms with van der Waals surface area (Å²) in [6.07, 6.45) is 1.71. The highest BCUT2D eigenvalue weighted by Crippen LogP contribution is 1.99. The third kappa shape index (κ3) is 3.74. The van der Waals surface area contributed by atoms with E-state index in [4.69, 9.17) is 0 Å². The fourth-order valence-corrected chi connectivity index (χ4v) is 2.13. The molecule has 0 unspecified atom stereocenters. The first-order chi connectivity index (χ1) is 9.20. The van der Waals surface area contributed by atoms with Crippen LogP contribution in [-0.2, 0) is 17.9 Å². The molecule has 2 heterocycles. The average molecular weight is 266 g/mol. The summed E-state index contributed by atoms with van der Waals surface area (Å²) in [6, 6.07) is 0. The number of amides is 1. The molecule has 1 fully saturated rings. The SMILES string of the molecule is CCn1cnnc1CNCC(=O)N1CCN(C)CC1. The van der Waals surface area contributed by atoms with Crippen LogP contribution in [0, 0.1) is 0 Å². The number of likely N-dealkylation sites (N-methyl/N-ethyl adjacent to an activating group) is 1. The molecule has 0 atom stereocenters. The monoisotopic (exact) mass is 266 g/mol. The van der Waals surface area contributed by atoms with Crippen molar-refractivity contribution in [2.24, 2.45) is 0 Å². The van der Waals surface area contributed by atoms with E-state index >= 15 is 0 Å². The number of carbonyl (C=O) groups excluding carboxylic acids is 1. The molecule has 2 rings (SSSR count). The predicted molar refractivity (Wildman–Crippen MR) is 71.5 cm³/mol. The summed E-state index contributed by atoms with van der Waals surface area (Å²) in [5.41, 5.74) is 0. The van der Waals surface area contributed by atoms with Crippen LogP contribution in [-0.4, -0.2) is 70.2 Å². The summed E-state index contributed by atoms with van der Waals surface area (Å²) in [7, 11) is 2.08. The number of aromatic nitrogens is 3. The van der Waals surface area contributed by atoms with Crippen molar-refractivity contribution in [3.8, 4) is 0 Å². The first kappa shape index (κ1) is 14.0. The Balaban J connectivity index is 1.72. The lowest BCUT2D eigenvalue weighted by atomic mass is 10.3. The number of hydrogen-bond donors (Lipinski definition) is 1. The molecule has 0 spiro atoms. The van der Waals surface area contributed by atoms with Crippen molar-refractivity contribution in [2.45, 2.75) is 20.0 Å². The van der Waals surface area contributed by atoms with E-state index in [1.807, 2.05) is 16.4 Å². The Morgan fingerprint density at radius 1 is 1.37 bits per heavy atom. The number of nitrogens with zero attached hydrogens (tertiary/aromatic N) is 5. The van der Waals surface area contributed by atoms with Crippen LogP contribution in [0.2, 0.25) is 0 Å². The number of nitrogens with one attached hydrogen (secondary N) is 1. The van der Waals surface area contributed by atoms with E-state index in [-0.39, 0.29) is 5.91 Å². The molecular formula is C12H22N6O. The molecule has 1 aromatic rings. The second kappa shape index (κ2) is 6.63. The molecule has 1 N–H and O–H groups in total. The zero-order chi connectivity index (χ0) is 13.7. The van der Waals surface area contributed by atoms with Gasteiger partial charge in [-0.05, 0) is 14.0 Å². The zero-order valence-corrected chi connectivity index (χ0v) is 11.7. The second-order valence-corrected chi connectivity index (χ2v) is 4.82. The van der Waals surface area contributed by atoms with Crippen LogP contribution in [0.3, 0.4) is 0 Å². The summed E-state index contributed by atoms with van der Waals surface area (Å²) < 4.78 is 1.97. The maximum absolute atomic E-state index is 12.0. The van der Waals surface area contributed by atoms with Crippen LogP contribution in [0.1, 0.15) is 12.7 Å². The van der Waals surface area contributed by atoms with Gasteiger partial charge in [0.2, 0.25) is 5.91 Å². The molecule has 0 aliphatic carbocycles. The Hall–Kier alpha value is -1.47. The van der Waals surface area contributed by atoms with Crippen molar-refractivity contribution in [2.75, 3.05) is 39.8 Å². The van der Waals surface area contributed by atoms with Gasteiger partial charge in [-0.15, -0.1) is 10.2 Å². The van der Waals surface area contributed by atoms with Gasteiger partial charge in [0, 0.05) is 32.7 Å². The van der Waals surface area contributed by atoms with Crippen LogP contribution in [0.15, 0.2) is 6.33 Å². The minimum atomic E-state index is 0.163. The minimum Gasteiger partial charge on any atom is -0.339 e. The van der Waals surface area contributed by atoms with Crippen molar-refractivity contribution in [3.05, 3.63) is 12.2 Å². The molecule has 1 saturated heterocycles. The van der Waals surface area contributed by atoms with E-state index in [1.54, 1.807) is 6.33 Å². The summed E-state index contributed by atoms with van der Waals surface area (Å²) >= 11 is 0. The van der Waals surface area contributed by atoms with Gasteiger partial charge in [0.1, 0.15) is 12.2 Å². The van der Waals surface area contributed by atoms with Gasteiger partial charge in [-0.1, -0.05) is 0 Å². The number of hydrogen-bond acceptors (Lipinski definition) is 5. The van der Waals surface area contributed by atoms with Crippen molar-refractivity contribution < 1.29 is 4.79 Å². The highest BCUT2D eigenvalue weighted by molar-refractivity contribution is 5.78. The highest BCUT2D eigenvalue weighted by Gasteiger charge is 2.18. The predicted octanol–water partition coefficient (Wildman–Crippen LogP) is -0.838. The molecule has 7 nitrogen and oxygen atoms in total. The zero-order valence-electron chi connectivity index (χ0n) is 11.7. The molecule has 0 aromatic carbocycles. The van der Waals surface area contributed by atoms with Gasteiger partial charge in [0.05, 0.1) is 13.1 Å². The van der Waals surface area contributed by atoms with E-state index in [1.165, 1.54) is 0 Å².